The molecule has 23 heavy (non-hydrogen) atoms. The van der Waals surface area contributed by atoms with E-state index in [0.717, 1.165) is 28.6 Å². The fourth-order valence-electron chi connectivity index (χ4n) is 2.40. The third kappa shape index (κ3) is 3.63. The Kier molecular flexibility index (Phi) is 4.49. The first-order valence-electron chi connectivity index (χ1n) is 7.42. The standard InChI is InChI=1S/C19H16ClNO2/c1-2-13-5-3-4-6-17(13)21-19(22)10-8-16-12-14-11-15(20)7-9-18(14)23-16/h3-12H,2H2,1H3,(H,21,22)/b10-8+. The molecule has 0 spiro atoms. The van der Waals surface area contributed by atoms with E-state index in [1.165, 1.54) is 6.08 Å². The van der Waals surface area contributed by atoms with Crippen molar-refractivity contribution < 1.29 is 9.21 Å². The van der Waals surface area contributed by atoms with Crippen molar-refractivity contribution in [3.05, 3.63) is 71.0 Å². The minimum absolute atomic E-state index is 0.190. The number of hydrogen-bond donors (Lipinski definition) is 1. The Balaban J connectivity index is 1.74. The summed E-state index contributed by atoms with van der Waals surface area (Å²) in [5.74, 6) is 0.422. The average molecular weight is 326 g/mol. The summed E-state index contributed by atoms with van der Waals surface area (Å²) in [6, 6.07) is 15.0. The molecule has 0 atom stereocenters. The first-order valence-corrected chi connectivity index (χ1v) is 7.79. The van der Waals surface area contributed by atoms with Gasteiger partial charge in [0.25, 0.3) is 0 Å². The molecule has 3 rings (SSSR count). The number of benzene rings is 2. The minimum atomic E-state index is -0.190. The Morgan fingerprint density at radius 1 is 1.22 bits per heavy atom. The molecule has 1 amide bonds. The number of anilines is 1. The number of furan rings is 1. The van der Waals surface area contributed by atoms with Crippen molar-refractivity contribution in [2.75, 3.05) is 5.32 Å². The molecule has 1 heterocycles. The maximum absolute atomic E-state index is 12.1. The first kappa shape index (κ1) is 15.4. The second-order valence-electron chi connectivity index (χ2n) is 5.16. The van der Waals surface area contributed by atoms with E-state index >= 15 is 0 Å². The molecule has 3 aromatic rings. The average Bonchev–Trinajstić information content (AvgIpc) is 2.95. The van der Waals surface area contributed by atoms with Gasteiger partial charge in [0.15, 0.2) is 0 Å². The summed E-state index contributed by atoms with van der Waals surface area (Å²) in [4.78, 5) is 12.1. The maximum atomic E-state index is 12.1. The lowest BCUT2D eigenvalue weighted by Crippen LogP contribution is -2.09. The summed E-state index contributed by atoms with van der Waals surface area (Å²) < 4.78 is 5.64. The molecular weight excluding hydrogens is 310 g/mol. The molecule has 1 N–H and O–H groups in total. The van der Waals surface area contributed by atoms with Crippen LogP contribution in [0, 0.1) is 0 Å². The topological polar surface area (TPSA) is 42.2 Å². The van der Waals surface area contributed by atoms with Crippen LogP contribution in [0.4, 0.5) is 5.69 Å². The van der Waals surface area contributed by atoms with E-state index in [4.69, 9.17) is 16.0 Å². The van der Waals surface area contributed by atoms with Gasteiger partial charge in [-0.05, 0) is 48.4 Å². The molecule has 2 aromatic carbocycles. The fraction of sp³-hybridized carbons (Fsp3) is 0.105. The summed E-state index contributed by atoms with van der Waals surface area (Å²) in [7, 11) is 0. The Morgan fingerprint density at radius 3 is 2.87 bits per heavy atom. The van der Waals surface area contributed by atoms with Crippen molar-refractivity contribution in [1.82, 2.24) is 0 Å². The summed E-state index contributed by atoms with van der Waals surface area (Å²) in [6.07, 6.45) is 3.98. The number of carbonyl (C=O) groups excluding carboxylic acids is 1. The quantitative estimate of drug-likeness (QED) is 0.661. The molecule has 0 unspecified atom stereocenters. The van der Waals surface area contributed by atoms with Gasteiger partial charge in [0.05, 0.1) is 0 Å². The van der Waals surface area contributed by atoms with Crippen LogP contribution in [0.25, 0.3) is 17.0 Å². The molecule has 0 aliphatic heterocycles. The number of para-hydroxylation sites is 1. The molecule has 0 aliphatic carbocycles. The number of hydrogen-bond acceptors (Lipinski definition) is 2. The lowest BCUT2D eigenvalue weighted by molar-refractivity contribution is -0.111. The van der Waals surface area contributed by atoms with Gasteiger partial charge in [0.1, 0.15) is 11.3 Å². The normalized spacial score (nSPS) is 11.2. The zero-order valence-electron chi connectivity index (χ0n) is 12.7. The van der Waals surface area contributed by atoms with Crippen LogP contribution in [0.1, 0.15) is 18.2 Å². The molecule has 0 radical (unpaired) electrons. The molecular formula is C19H16ClNO2. The van der Waals surface area contributed by atoms with Gasteiger partial charge in [-0.15, -0.1) is 0 Å². The summed E-state index contributed by atoms with van der Waals surface area (Å²) >= 11 is 5.95. The number of nitrogens with one attached hydrogen (secondary N) is 1. The Morgan fingerprint density at radius 2 is 2.04 bits per heavy atom. The SMILES string of the molecule is CCc1ccccc1NC(=O)/C=C/c1cc2cc(Cl)ccc2o1. The highest BCUT2D eigenvalue weighted by Crippen LogP contribution is 2.23. The van der Waals surface area contributed by atoms with Crippen molar-refractivity contribution in [2.45, 2.75) is 13.3 Å². The van der Waals surface area contributed by atoms with Gasteiger partial charge < -0.3 is 9.73 Å². The lowest BCUT2D eigenvalue weighted by atomic mass is 10.1. The van der Waals surface area contributed by atoms with E-state index in [1.54, 1.807) is 12.1 Å². The molecule has 0 saturated carbocycles. The van der Waals surface area contributed by atoms with Crippen LogP contribution in [-0.2, 0) is 11.2 Å². The Labute approximate surface area is 139 Å². The third-order valence-electron chi connectivity index (χ3n) is 3.55. The number of aryl methyl sites for hydroxylation is 1. The van der Waals surface area contributed by atoms with E-state index in [2.05, 4.69) is 12.2 Å². The monoisotopic (exact) mass is 325 g/mol. The maximum Gasteiger partial charge on any atom is 0.248 e. The van der Waals surface area contributed by atoms with E-state index in [-0.39, 0.29) is 5.91 Å². The van der Waals surface area contributed by atoms with Crippen LogP contribution in [0.2, 0.25) is 5.02 Å². The number of fused-ring (bicyclic) bond motifs is 1. The smallest absolute Gasteiger partial charge is 0.248 e. The van der Waals surface area contributed by atoms with Gasteiger partial charge in [-0.3, -0.25) is 4.79 Å². The van der Waals surface area contributed by atoms with Crippen molar-refractivity contribution in [2.24, 2.45) is 0 Å². The predicted molar refractivity (Wildman–Crippen MR) is 94.7 cm³/mol. The Hall–Kier alpha value is -2.52. The van der Waals surface area contributed by atoms with Crippen LogP contribution in [0.15, 0.2) is 59.0 Å². The van der Waals surface area contributed by atoms with Gasteiger partial charge in [-0.25, -0.2) is 0 Å². The Bertz CT molecular complexity index is 880. The van der Waals surface area contributed by atoms with E-state index in [0.29, 0.717) is 10.8 Å². The van der Waals surface area contributed by atoms with E-state index in [1.807, 2.05) is 42.5 Å². The molecule has 0 saturated heterocycles. The summed E-state index contributed by atoms with van der Waals surface area (Å²) in [5.41, 5.74) is 2.68. The van der Waals surface area contributed by atoms with Gasteiger partial charge in [-0.2, -0.15) is 0 Å². The molecule has 116 valence electrons. The third-order valence-corrected chi connectivity index (χ3v) is 3.79. The largest absolute Gasteiger partial charge is 0.457 e. The molecule has 0 fully saturated rings. The van der Waals surface area contributed by atoms with Gasteiger partial charge in [0.2, 0.25) is 5.91 Å². The van der Waals surface area contributed by atoms with Gasteiger partial charge in [-0.1, -0.05) is 36.7 Å². The van der Waals surface area contributed by atoms with E-state index < -0.39 is 0 Å². The summed E-state index contributed by atoms with van der Waals surface area (Å²) in [6.45, 7) is 2.06. The zero-order valence-corrected chi connectivity index (χ0v) is 13.4. The van der Waals surface area contributed by atoms with Crippen LogP contribution in [0.5, 0.6) is 0 Å². The van der Waals surface area contributed by atoms with Crippen LogP contribution in [0.3, 0.4) is 0 Å². The van der Waals surface area contributed by atoms with Gasteiger partial charge >= 0.3 is 0 Å². The second-order valence-corrected chi connectivity index (χ2v) is 5.60. The number of amides is 1. The number of rotatable bonds is 4. The molecule has 3 nitrogen and oxygen atoms in total. The number of halogens is 1. The van der Waals surface area contributed by atoms with Gasteiger partial charge in [0, 0.05) is 22.2 Å². The predicted octanol–water partition coefficient (Wildman–Crippen LogP) is 5.30. The van der Waals surface area contributed by atoms with E-state index in [9.17, 15) is 4.79 Å². The highest BCUT2D eigenvalue weighted by molar-refractivity contribution is 6.31. The zero-order chi connectivity index (χ0) is 16.2. The van der Waals surface area contributed by atoms with Crippen LogP contribution >= 0.6 is 11.6 Å². The highest BCUT2D eigenvalue weighted by Gasteiger charge is 2.04. The van der Waals surface area contributed by atoms with Crippen LogP contribution in [-0.4, -0.2) is 5.91 Å². The van der Waals surface area contributed by atoms with Crippen molar-refractivity contribution in [3.8, 4) is 0 Å². The van der Waals surface area contributed by atoms with Crippen molar-refractivity contribution >= 4 is 40.2 Å². The molecule has 0 bridgehead atoms. The second kappa shape index (κ2) is 6.71. The van der Waals surface area contributed by atoms with Crippen molar-refractivity contribution in [1.29, 1.82) is 0 Å². The minimum Gasteiger partial charge on any atom is -0.457 e. The lowest BCUT2D eigenvalue weighted by Gasteiger charge is -2.07. The fourth-order valence-corrected chi connectivity index (χ4v) is 2.58. The highest BCUT2D eigenvalue weighted by atomic mass is 35.5. The molecule has 4 heteroatoms. The first-order chi connectivity index (χ1) is 11.2. The molecule has 1 aromatic heterocycles. The van der Waals surface area contributed by atoms with Crippen molar-refractivity contribution in [3.63, 3.8) is 0 Å². The summed E-state index contributed by atoms with van der Waals surface area (Å²) in [5, 5.41) is 4.45. The number of carbonyl (C=O) groups is 1. The molecule has 0 aliphatic rings. The van der Waals surface area contributed by atoms with Crippen LogP contribution < -0.4 is 5.32 Å².